The third kappa shape index (κ3) is 4.26. The van der Waals surface area contributed by atoms with Crippen LogP contribution < -0.4 is 10.2 Å². The number of carbonyl (C=O) groups excluding carboxylic acids is 1. The van der Waals surface area contributed by atoms with Gasteiger partial charge in [-0.1, -0.05) is 35.9 Å². The molecule has 0 saturated carbocycles. The maximum absolute atomic E-state index is 13.3. The number of rotatable bonds is 5. The average molecular weight is 325 g/mol. The number of nitrogens with zero attached hydrogens (tertiary/aromatic N) is 1. The first-order valence-corrected chi connectivity index (χ1v) is 6.59. The lowest BCUT2D eigenvalue weighted by Gasteiger charge is -2.06. The molecule has 4 nitrogen and oxygen atoms in total. The van der Waals surface area contributed by atoms with Gasteiger partial charge in [0, 0.05) is 5.56 Å². The molecule has 0 saturated heterocycles. The molecule has 0 aliphatic carbocycles. The molecule has 0 bridgehead atoms. The Balaban J connectivity index is 1.86. The van der Waals surface area contributed by atoms with Crippen molar-refractivity contribution < 1.29 is 18.3 Å². The molecule has 2 aromatic rings. The Morgan fingerprint density at radius 3 is 2.77 bits per heavy atom. The number of para-hydroxylation sites is 1. The summed E-state index contributed by atoms with van der Waals surface area (Å²) in [6.07, 6.45) is 1.01. The number of hydrogen-bond donors (Lipinski definition) is 1. The number of amides is 1. The van der Waals surface area contributed by atoms with E-state index in [9.17, 15) is 13.6 Å². The van der Waals surface area contributed by atoms with Gasteiger partial charge < -0.3 is 4.74 Å². The predicted octanol–water partition coefficient (Wildman–Crippen LogP) is 3.15. The molecule has 0 heterocycles. The molecule has 0 aromatic heterocycles. The Hall–Kier alpha value is -2.47. The number of hydrogen-bond acceptors (Lipinski definition) is 3. The zero-order valence-electron chi connectivity index (χ0n) is 11.2. The van der Waals surface area contributed by atoms with Crippen LogP contribution in [-0.4, -0.2) is 18.7 Å². The zero-order valence-corrected chi connectivity index (χ0v) is 12.0. The van der Waals surface area contributed by atoms with Crippen molar-refractivity contribution in [1.82, 2.24) is 5.43 Å². The quantitative estimate of drug-likeness (QED) is 0.678. The summed E-state index contributed by atoms with van der Waals surface area (Å²) in [6, 6.07) is 10.3. The van der Waals surface area contributed by atoms with Crippen molar-refractivity contribution in [3.05, 3.63) is 64.7 Å². The van der Waals surface area contributed by atoms with Crippen molar-refractivity contribution >= 4 is 23.7 Å². The third-order valence-electron chi connectivity index (χ3n) is 2.57. The van der Waals surface area contributed by atoms with Crippen LogP contribution in [0.4, 0.5) is 8.78 Å². The fourth-order valence-electron chi connectivity index (χ4n) is 1.53. The second-order valence-corrected chi connectivity index (χ2v) is 4.56. The van der Waals surface area contributed by atoms with Gasteiger partial charge in [-0.05, 0) is 18.2 Å². The van der Waals surface area contributed by atoms with Crippen LogP contribution in [0.5, 0.6) is 5.75 Å². The minimum atomic E-state index is -1.03. The third-order valence-corrected chi connectivity index (χ3v) is 2.88. The lowest BCUT2D eigenvalue weighted by molar-refractivity contribution is -0.123. The summed E-state index contributed by atoms with van der Waals surface area (Å²) in [7, 11) is 0. The molecule has 2 rings (SSSR count). The topological polar surface area (TPSA) is 50.7 Å². The fraction of sp³-hybridized carbons (Fsp3) is 0.0667. The first-order valence-electron chi connectivity index (χ1n) is 6.21. The predicted molar refractivity (Wildman–Crippen MR) is 79.0 cm³/mol. The number of hydrazone groups is 1. The van der Waals surface area contributed by atoms with Gasteiger partial charge in [0.1, 0.15) is 5.75 Å². The van der Waals surface area contributed by atoms with Crippen molar-refractivity contribution in [2.75, 3.05) is 6.61 Å². The van der Waals surface area contributed by atoms with Crippen molar-refractivity contribution in [2.24, 2.45) is 5.10 Å². The van der Waals surface area contributed by atoms with E-state index >= 15 is 0 Å². The van der Waals surface area contributed by atoms with Gasteiger partial charge >= 0.3 is 0 Å². The lowest BCUT2D eigenvalue weighted by Crippen LogP contribution is -2.24. The largest absolute Gasteiger partial charge is 0.482 e. The Labute approximate surface area is 130 Å². The second kappa shape index (κ2) is 7.51. The highest BCUT2D eigenvalue weighted by Gasteiger charge is 2.06. The minimum absolute atomic E-state index is 0.0766. The Morgan fingerprint density at radius 2 is 2.00 bits per heavy atom. The number of halogens is 3. The minimum Gasteiger partial charge on any atom is -0.482 e. The molecule has 2 aromatic carbocycles. The normalized spacial score (nSPS) is 10.7. The summed E-state index contributed by atoms with van der Waals surface area (Å²) in [5, 5.41) is 3.91. The molecule has 0 spiro atoms. The van der Waals surface area contributed by atoms with E-state index < -0.39 is 17.5 Å². The molecule has 0 fully saturated rings. The van der Waals surface area contributed by atoms with Crippen LogP contribution in [0.15, 0.2) is 47.6 Å². The van der Waals surface area contributed by atoms with Gasteiger partial charge in [-0.3, -0.25) is 4.79 Å². The number of carbonyl (C=O) groups is 1. The summed E-state index contributed by atoms with van der Waals surface area (Å²) < 4.78 is 31.5. The molecule has 0 atom stereocenters. The number of benzene rings is 2. The van der Waals surface area contributed by atoms with Crippen molar-refractivity contribution in [2.45, 2.75) is 0 Å². The molecule has 0 unspecified atom stereocenters. The fourth-order valence-corrected chi connectivity index (χ4v) is 1.72. The summed E-state index contributed by atoms with van der Waals surface area (Å²) in [5.74, 6) is -2.22. The maximum atomic E-state index is 13.3. The molecular weight excluding hydrogens is 314 g/mol. The first-order chi connectivity index (χ1) is 10.6. The highest BCUT2D eigenvalue weighted by molar-refractivity contribution is 6.32. The highest BCUT2D eigenvalue weighted by atomic mass is 35.5. The van der Waals surface area contributed by atoms with Gasteiger partial charge in [-0.25, -0.2) is 14.2 Å². The average Bonchev–Trinajstić information content (AvgIpc) is 2.51. The van der Waals surface area contributed by atoms with E-state index in [0.717, 1.165) is 12.3 Å². The molecule has 1 N–H and O–H groups in total. The smallest absolute Gasteiger partial charge is 0.277 e. The first kappa shape index (κ1) is 15.9. The highest BCUT2D eigenvalue weighted by Crippen LogP contribution is 2.22. The summed E-state index contributed by atoms with van der Waals surface area (Å²) in [4.78, 5) is 11.5. The summed E-state index contributed by atoms with van der Waals surface area (Å²) in [6.45, 7) is -0.313. The SMILES string of the molecule is O=C(COc1ccccc1Cl)NN=Cc1cccc(F)c1F. The van der Waals surface area contributed by atoms with E-state index in [1.807, 2.05) is 0 Å². The van der Waals surface area contributed by atoms with Crippen LogP contribution in [0.1, 0.15) is 5.56 Å². The van der Waals surface area contributed by atoms with E-state index in [1.54, 1.807) is 24.3 Å². The van der Waals surface area contributed by atoms with Gasteiger partial charge in [0.2, 0.25) is 0 Å². The number of nitrogens with one attached hydrogen (secondary N) is 1. The molecule has 1 amide bonds. The maximum Gasteiger partial charge on any atom is 0.277 e. The monoisotopic (exact) mass is 324 g/mol. The van der Waals surface area contributed by atoms with E-state index in [0.29, 0.717) is 10.8 Å². The summed E-state index contributed by atoms with van der Waals surface area (Å²) >= 11 is 5.86. The molecule has 114 valence electrons. The van der Waals surface area contributed by atoms with E-state index in [-0.39, 0.29) is 12.2 Å². The lowest BCUT2D eigenvalue weighted by atomic mass is 10.2. The van der Waals surface area contributed by atoms with Crippen LogP contribution in [0, 0.1) is 11.6 Å². The van der Waals surface area contributed by atoms with Gasteiger partial charge in [-0.15, -0.1) is 0 Å². The van der Waals surface area contributed by atoms with Gasteiger partial charge in [-0.2, -0.15) is 5.10 Å². The Bertz CT molecular complexity index is 708. The van der Waals surface area contributed by atoms with Crippen LogP contribution in [0.3, 0.4) is 0 Å². The molecule has 0 aliphatic heterocycles. The van der Waals surface area contributed by atoms with Crippen LogP contribution in [0.25, 0.3) is 0 Å². The van der Waals surface area contributed by atoms with E-state index in [2.05, 4.69) is 10.5 Å². The Kier molecular flexibility index (Phi) is 5.43. The molecule has 7 heteroatoms. The van der Waals surface area contributed by atoms with Crippen molar-refractivity contribution in [1.29, 1.82) is 0 Å². The van der Waals surface area contributed by atoms with Crippen molar-refractivity contribution in [3.63, 3.8) is 0 Å². The van der Waals surface area contributed by atoms with Gasteiger partial charge in [0.25, 0.3) is 5.91 Å². The van der Waals surface area contributed by atoms with Crippen LogP contribution in [-0.2, 0) is 4.79 Å². The van der Waals surface area contributed by atoms with E-state index in [4.69, 9.17) is 16.3 Å². The van der Waals surface area contributed by atoms with E-state index in [1.165, 1.54) is 12.1 Å². The second-order valence-electron chi connectivity index (χ2n) is 4.16. The van der Waals surface area contributed by atoms with Crippen LogP contribution >= 0.6 is 11.6 Å². The number of ether oxygens (including phenoxy) is 1. The molecular formula is C15H11ClF2N2O2. The standard InChI is InChI=1S/C15H11ClF2N2O2/c16-11-5-1-2-7-13(11)22-9-14(21)20-19-8-10-4-3-6-12(17)15(10)18/h1-8H,9H2,(H,20,21). The van der Waals surface area contributed by atoms with Crippen LogP contribution in [0.2, 0.25) is 5.02 Å². The van der Waals surface area contributed by atoms with Gasteiger partial charge in [0.15, 0.2) is 18.2 Å². The molecule has 22 heavy (non-hydrogen) atoms. The molecule has 0 radical (unpaired) electrons. The Morgan fingerprint density at radius 1 is 1.23 bits per heavy atom. The van der Waals surface area contributed by atoms with Gasteiger partial charge in [0.05, 0.1) is 11.2 Å². The zero-order chi connectivity index (χ0) is 15.9. The molecule has 0 aliphatic rings. The summed E-state index contributed by atoms with van der Waals surface area (Å²) in [5.41, 5.74) is 2.06. The van der Waals surface area contributed by atoms with Crippen molar-refractivity contribution in [3.8, 4) is 5.75 Å².